The molecule has 2 aromatic heterocycles. The lowest BCUT2D eigenvalue weighted by Gasteiger charge is -2.17. The van der Waals surface area contributed by atoms with Crippen molar-refractivity contribution >= 4 is 60.9 Å². The zero-order valence-corrected chi connectivity index (χ0v) is 18.6. The number of halogens is 1. The Balaban J connectivity index is 1.50. The number of fused-ring (bicyclic) bond motifs is 1. The van der Waals surface area contributed by atoms with Crippen molar-refractivity contribution in [3.63, 3.8) is 0 Å². The molecule has 0 N–H and O–H groups in total. The standard InChI is InChI=1S/C22H17BrN2O4S/c1-13-18-10-15(23)8-9-19(18)29-20(13)21(27)28-11-16-12-30-22(24-16)25(14(2)26)17-6-4-3-5-7-17/h3-10,12H,11H2,1-2H3. The number of rotatable bonds is 5. The maximum absolute atomic E-state index is 12.5. The van der Waals surface area contributed by atoms with Crippen LogP contribution in [-0.4, -0.2) is 16.9 Å². The Bertz CT molecular complexity index is 1230. The average Bonchev–Trinajstić information content (AvgIpc) is 3.32. The highest BCUT2D eigenvalue weighted by Gasteiger charge is 2.21. The molecular weight excluding hydrogens is 468 g/mol. The number of nitrogens with zero attached hydrogens (tertiary/aromatic N) is 2. The molecule has 4 rings (SSSR count). The fourth-order valence-corrected chi connectivity index (χ4v) is 4.29. The second kappa shape index (κ2) is 8.41. The van der Waals surface area contributed by atoms with Crippen LogP contribution in [0, 0.1) is 6.92 Å². The molecule has 0 saturated heterocycles. The van der Waals surface area contributed by atoms with Crippen LogP contribution in [0.5, 0.6) is 0 Å². The predicted octanol–water partition coefficient (Wildman–Crippen LogP) is 6.00. The summed E-state index contributed by atoms with van der Waals surface area (Å²) in [6.07, 6.45) is 0. The summed E-state index contributed by atoms with van der Waals surface area (Å²) in [5.74, 6) is -0.530. The third kappa shape index (κ3) is 4.01. The average molecular weight is 485 g/mol. The summed E-state index contributed by atoms with van der Waals surface area (Å²) < 4.78 is 12.0. The van der Waals surface area contributed by atoms with Crippen LogP contribution in [0.2, 0.25) is 0 Å². The first-order valence-electron chi connectivity index (χ1n) is 9.10. The van der Waals surface area contributed by atoms with Crippen LogP contribution in [0.3, 0.4) is 0 Å². The van der Waals surface area contributed by atoms with E-state index in [2.05, 4.69) is 20.9 Å². The highest BCUT2D eigenvalue weighted by atomic mass is 79.9. The van der Waals surface area contributed by atoms with Crippen molar-refractivity contribution in [2.24, 2.45) is 0 Å². The molecule has 0 saturated carbocycles. The van der Waals surface area contributed by atoms with Crippen molar-refractivity contribution in [3.05, 3.63) is 75.4 Å². The number of hydrogen-bond acceptors (Lipinski definition) is 6. The normalized spacial score (nSPS) is 10.9. The van der Waals surface area contributed by atoms with Crippen molar-refractivity contribution in [2.75, 3.05) is 4.90 Å². The second-order valence-electron chi connectivity index (χ2n) is 6.58. The Morgan fingerprint density at radius 2 is 1.97 bits per heavy atom. The van der Waals surface area contributed by atoms with E-state index in [9.17, 15) is 9.59 Å². The molecule has 0 spiro atoms. The molecular formula is C22H17BrN2O4S. The molecule has 0 aliphatic carbocycles. The quantitative estimate of drug-likeness (QED) is 0.324. The van der Waals surface area contributed by atoms with Gasteiger partial charge in [-0.2, -0.15) is 0 Å². The van der Waals surface area contributed by atoms with E-state index in [1.807, 2.05) is 49.4 Å². The van der Waals surface area contributed by atoms with Crippen molar-refractivity contribution in [1.29, 1.82) is 0 Å². The molecule has 0 unspecified atom stereocenters. The van der Waals surface area contributed by atoms with Gasteiger partial charge in [-0.25, -0.2) is 9.78 Å². The Hall–Kier alpha value is -2.97. The van der Waals surface area contributed by atoms with Crippen LogP contribution in [0.4, 0.5) is 10.8 Å². The van der Waals surface area contributed by atoms with E-state index in [4.69, 9.17) is 9.15 Å². The van der Waals surface area contributed by atoms with E-state index in [-0.39, 0.29) is 18.3 Å². The number of thiazole rings is 1. The third-order valence-corrected chi connectivity index (χ3v) is 5.86. The van der Waals surface area contributed by atoms with E-state index < -0.39 is 5.97 Å². The molecule has 0 radical (unpaired) electrons. The van der Waals surface area contributed by atoms with E-state index in [1.165, 1.54) is 23.2 Å². The van der Waals surface area contributed by atoms with Gasteiger partial charge in [0.15, 0.2) is 5.13 Å². The van der Waals surface area contributed by atoms with Gasteiger partial charge in [0.05, 0.1) is 11.4 Å². The van der Waals surface area contributed by atoms with Gasteiger partial charge in [-0.1, -0.05) is 34.1 Å². The monoisotopic (exact) mass is 484 g/mol. The highest BCUT2D eigenvalue weighted by Crippen LogP contribution is 2.30. The largest absolute Gasteiger partial charge is 0.453 e. The molecule has 6 nitrogen and oxygen atoms in total. The van der Waals surface area contributed by atoms with Crippen molar-refractivity contribution < 1.29 is 18.7 Å². The van der Waals surface area contributed by atoms with Gasteiger partial charge in [-0.15, -0.1) is 11.3 Å². The van der Waals surface area contributed by atoms with E-state index in [0.717, 1.165) is 21.1 Å². The molecule has 0 aliphatic heterocycles. The minimum absolute atomic E-state index is 0.0178. The SMILES string of the molecule is CC(=O)N(c1ccccc1)c1nc(COC(=O)c2oc3ccc(Br)cc3c2C)cs1. The van der Waals surface area contributed by atoms with E-state index in [0.29, 0.717) is 16.4 Å². The lowest BCUT2D eigenvalue weighted by Crippen LogP contribution is -2.22. The lowest BCUT2D eigenvalue weighted by atomic mass is 10.1. The summed E-state index contributed by atoms with van der Waals surface area (Å²) in [4.78, 5) is 30.7. The number of para-hydroxylation sites is 1. The first-order chi connectivity index (χ1) is 14.4. The molecule has 0 aliphatic rings. The molecule has 8 heteroatoms. The van der Waals surface area contributed by atoms with Crippen molar-refractivity contribution in [3.8, 4) is 0 Å². The first-order valence-corrected chi connectivity index (χ1v) is 10.8. The number of aryl methyl sites for hydroxylation is 1. The van der Waals surface area contributed by atoms with Gasteiger partial charge >= 0.3 is 5.97 Å². The number of ether oxygens (including phenoxy) is 1. The number of carbonyl (C=O) groups is 2. The Labute approximate surface area is 185 Å². The van der Waals surface area contributed by atoms with E-state index >= 15 is 0 Å². The van der Waals surface area contributed by atoms with Gasteiger partial charge in [0.1, 0.15) is 12.2 Å². The number of amides is 1. The summed E-state index contributed by atoms with van der Waals surface area (Å²) in [5, 5.41) is 3.14. The number of benzene rings is 2. The Morgan fingerprint density at radius 3 is 2.70 bits per heavy atom. The minimum Gasteiger partial charge on any atom is -0.453 e. The zero-order valence-electron chi connectivity index (χ0n) is 16.2. The molecule has 2 aromatic carbocycles. The van der Waals surface area contributed by atoms with Gasteiger partial charge in [-0.05, 0) is 37.3 Å². The van der Waals surface area contributed by atoms with Crippen LogP contribution >= 0.6 is 27.3 Å². The molecule has 30 heavy (non-hydrogen) atoms. The summed E-state index contributed by atoms with van der Waals surface area (Å²) in [6, 6.07) is 14.8. The number of furan rings is 1. The predicted molar refractivity (Wildman–Crippen MR) is 119 cm³/mol. The molecule has 0 fully saturated rings. The Morgan fingerprint density at radius 1 is 1.20 bits per heavy atom. The second-order valence-corrected chi connectivity index (χ2v) is 8.34. The van der Waals surface area contributed by atoms with Gasteiger partial charge in [0.25, 0.3) is 0 Å². The third-order valence-electron chi connectivity index (χ3n) is 4.49. The fourth-order valence-electron chi connectivity index (χ4n) is 3.06. The van der Waals surface area contributed by atoms with Gasteiger partial charge in [0.2, 0.25) is 11.7 Å². The van der Waals surface area contributed by atoms with Crippen LogP contribution < -0.4 is 4.90 Å². The molecule has 0 bridgehead atoms. The summed E-state index contributed by atoms with van der Waals surface area (Å²) in [7, 11) is 0. The molecule has 4 aromatic rings. The number of anilines is 2. The van der Waals surface area contributed by atoms with Crippen molar-refractivity contribution in [1.82, 2.24) is 4.98 Å². The fraction of sp³-hybridized carbons (Fsp3) is 0.136. The number of carbonyl (C=O) groups excluding carboxylic acids is 2. The molecule has 152 valence electrons. The van der Waals surface area contributed by atoms with Crippen LogP contribution in [0.25, 0.3) is 11.0 Å². The molecule has 1 amide bonds. The molecule has 2 heterocycles. The zero-order chi connectivity index (χ0) is 21.3. The number of hydrogen-bond donors (Lipinski definition) is 0. The van der Waals surface area contributed by atoms with Crippen LogP contribution in [0.1, 0.15) is 28.7 Å². The van der Waals surface area contributed by atoms with Gasteiger partial charge in [-0.3, -0.25) is 9.69 Å². The van der Waals surface area contributed by atoms with Crippen LogP contribution in [-0.2, 0) is 16.1 Å². The maximum atomic E-state index is 12.5. The minimum atomic E-state index is -0.555. The van der Waals surface area contributed by atoms with Gasteiger partial charge in [0, 0.05) is 27.7 Å². The van der Waals surface area contributed by atoms with Crippen molar-refractivity contribution in [2.45, 2.75) is 20.5 Å². The van der Waals surface area contributed by atoms with E-state index in [1.54, 1.807) is 11.4 Å². The summed E-state index contributed by atoms with van der Waals surface area (Å²) in [6.45, 7) is 3.28. The Kier molecular flexibility index (Phi) is 5.69. The number of aromatic nitrogens is 1. The summed E-state index contributed by atoms with van der Waals surface area (Å²) in [5.41, 5.74) is 2.63. The topological polar surface area (TPSA) is 72.6 Å². The van der Waals surface area contributed by atoms with Gasteiger partial charge < -0.3 is 9.15 Å². The van der Waals surface area contributed by atoms with Crippen LogP contribution in [0.15, 0.2) is 62.8 Å². The number of esters is 1. The summed E-state index contributed by atoms with van der Waals surface area (Å²) >= 11 is 4.73. The lowest BCUT2D eigenvalue weighted by molar-refractivity contribution is -0.115. The smallest absolute Gasteiger partial charge is 0.374 e. The molecule has 0 atom stereocenters. The maximum Gasteiger partial charge on any atom is 0.374 e. The highest BCUT2D eigenvalue weighted by molar-refractivity contribution is 9.10. The first kappa shape index (κ1) is 20.3.